The van der Waals surface area contributed by atoms with Crippen LogP contribution < -0.4 is 19.7 Å². The number of rotatable bonds is 8. The molecule has 0 fully saturated rings. The van der Waals surface area contributed by atoms with Gasteiger partial charge in [-0.1, -0.05) is 24.3 Å². The van der Waals surface area contributed by atoms with Crippen LogP contribution in [0.25, 0.3) is 0 Å². The number of guanidine groups is 1. The zero-order valence-electron chi connectivity index (χ0n) is 17.9. The lowest BCUT2D eigenvalue weighted by atomic mass is 10.2. The van der Waals surface area contributed by atoms with Crippen LogP contribution in [-0.2, 0) is 6.54 Å². The van der Waals surface area contributed by atoms with Gasteiger partial charge in [-0.2, -0.15) is 0 Å². The number of nitrogens with zero attached hydrogens (tertiary/aromatic N) is 3. The van der Waals surface area contributed by atoms with Crippen LogP contribution in [0.3, 0.4) is 0 Å². The van der Waals surface area contributed by atoms with Crippen molar-refractivity contribution in [3.63, 3.8) is 0 Å². The molecule has 2 aromatic carbocycles. The molecule has 0 aromatic heterocycles. The van der Waals surface area contributed by atoms with E-state index in [4.69, 9.17) is 9.47 Å². The Bertz CT molecular complexity index is 831. The van der Waals surface area contributed by atoms with E-state index < -0.39 is 0 Å². The second kappa shape index (κ2) is 12.3. The zero-order chi connectivity index (χ0) is 20.5. The molecule has 0 radical (unpaired) electrons. The largest absolute Gasteiger partial charge is 0.497 e. The highest BCUT2D eigenvalue weighted by molar-refractivity contribution is 14.0. The molecule has 3 rings (SSSR count). The first-order chi connectivity index (χ1) is 14.2. The van der Waals surface area contributed by atoms with E-state index in [1.165, 1.54) is 11.3 Å². The molecule has 6 nitrogen and oxygen atoms in total. The molecule has 0 bridgehead atoms. The second-order valence-corrected chi connectivity index (χ2v) is 6.89. The standard InChI is InChI=1S/C23H30N4O2.HI/c1-24-23(26(2)15-16-29-22-11-9-21(28-3)10-12-22)25-18-19-7-6-8-20(17-19)27-13-4-5-14-27;/h4-12,17H,13-16,18H2,1-3H3,(H,24,25);1H. The van der Waals surface area contributed by atoms with Crippen molar-refractivity contribution in [2.45, 2.75) is 6.54 Å². The number of halogens is 1. The third-order valence-electron chi connectivity index (χ3n) is 4.87. The first kappa shape index (κ1) is 23.9. The number of hydrogen-bond acceptors (Lipinski definition) is 4. The molecular weight excluding hydrogens is 491 g/mol. The molecule has 1 heterocycles. The van der Waals surface area contributed by atoms with E-state index in [-0.39, 0.29) is 24.0 Å². The molecule has 2 aromatic rings. The summed E-state index contributed by atoms with van der Waals surface area (Å²) in [6.45, 7) is 3.99. The minimum absolute atomic E-state index is 0. The van der Waals surface area contributed by atoms with Crippen molar-refractivity contribution in [2.75, 3.05) is 52.3 Å². The summed E-state index contributed by atoms with van der Waals surface area (Å²) >= 11 is 0. The zero-order valence-corrected chi connectivity index (χ0v) is 20.2. The Labute approximate surface area is 196 Å². The quantitative estimate of drug-likeness (QED) is 0.248. The fourth-order valence-electron chi connectivity index (χ4n) is 3.20. The minimum atomic E-state index is 0. The van der Waals surface area contributed by atoms with Gasteiger partial charge in [0.2, 0.25) is 0 Å². The molecule has 1 N–H and O–H groups in total. The van der Waals surface area contributed by atoms with Crippen LogP contribution in [0.1, 0.15) is 5.56 Å². The van der Waals surface area contributed by atoms with E-state index in [9.17, 15) is 0 Å². The second-order valence-electron chi connectivity index (χ2n) is 6.89. The highest BCUT2D eigenvalue weighted by Gasteiger charge is 2.09. The Morgan fingerprint density at radius 1 is 1.10 bits per heavy atom. The van der Waals surface area contributed by atoms with Crippen molar-refractivity contribution in [1.29, 1.82) is 0 Å². The number of anilines is 1. The molecular formula is C23H31IN4O2. The molecule has 0 saturated heterocycles. The number of likely N-dealkylation sites (N-methyl/N-ethyl adjacent to an activating group) is 1. The lowest BCUT2D eigenvalue weighted by Crippen LogP contribution is -2.40. The molecule has 0 saturated carbocycles. The van der Waals surface area contributed by atoms with Gasteiger partial charge in [-0.05, 0) is 42.0 Å². The summed E-state index contributed by atoms with van der Waals surface area (Å²) in [6.07, 6.45) is 4.41. The summed E-state index contributed by atoms with van der Waals surface area (Å²) in [5.74, 6) is 2.50. The number of nitrogens with one attached hydrogen (secondary N) is 1. The average molecular weight is 522 g/mol. The van der Waals surface area contributed by atoms with Gasteiger partial charge >= 0.3 is 0 Å². The number of aliphatic imine (C=N–C) groups is 1. The van der Waals surface area contributed by atoms with Gasteiger partial charge in [0.1, 0.15) is 18.1 Å². The van der Waals surface area contributed by atoms with E-state index in [1.807, 2.05) is 31.3 Å². The monoisotopic (exact) mass is 522 g/mol. The molecule has 30 heavy (non-hydrogen) atoms. The van der Waals surface area contributed by atoms with Crippen LogP contribution >= 0.6 is 24.0 Å². The summed E-state index contributed by atoms with van der Waals surface area (Å²) in [5.41, 5.74) is 2.49. The smallest absolute Gasteiger partial charge is 0.193 e. The Morgan fingerprint density at radius 2 is 1.80 bits per heavy atom. The Hall–Kier alpha value is -2.42. The average Bonchev–Trinajstić information content (AvgIpc) is 3.30. The molecule has 0 spiro atoms. The van der Waals surface area contributed by atoms with Crippen molar-refractivity contribution in [3.05, 3.63) is 66.2 Å². The summed E-state index contributed by atoms with van der Waals surface area (Å²) < 4.78 is 11.0. The molecule has 1 aliphatic heterocycles. The van der Waals surface area contributed by atoms with E-state index >= 15 is 0 Å². The highest BCUT2D eigenvalue weighted by atomic mass is 127. The van der Waals surface area contributed by atoms with Crippen LogP contribution in [0.5, 0.6) is 11.5 Å². The first-order valence-corrected chi connectivity index (χ1v) is 9.87. The molecule has 7 heteroatoms. The summed E-state index contributed by atoms with van der Waals surface area (Å²) in [6, 6.07) is 16.3. The highest BCUT2D eigenvalue weighted by Crippen LogP contribution is 2.19. The number of methoxy groups -OCH3 is 1. The molecule has 0 aliphatic carbocycles. The fourth-order valence-corrected chi connectivity index (χ4v) is 3.20. The lowest BCUT2D eigenvalue weighted by molar-refractivity contribution is 0.281. The van der Waals surface area contributed by atoms with Gasteiger partial charge in [-0.3, -0.25) is 4.99 Å². The van der Waals surface area contributed by atoms with Gasteiger partial charge in [0.25, 0.3) is 0 Å². The van der Waals surface area contributed by atoms with Gasteiger partial charge in [-0.25, -0.2) is 0 Å². The third-order valence-corrected chi connectivity index (χ3v) is 4.87. The third kappa shape index (κ3) is 6.83. The topological polar surface area (TPSA) is 49.3 Å². The molecule has 0 unspecified atom stereocenters. The maximum atomic E-state index is 5.81. The van der Waals surface area contributed by atoms with Crippen LogP contribution in [0, 0.1) is 0 Å². The molecule has 0 amide bonds. The van der Waals surface area contributed by atoms with Crippen molar-refractivity contribution in [1.82, 2.24) is 10.2 Å². The van der Waals surface area contributed by atoms with Gasteiger partial charge in [-0.15, -0.1) is 24.0 Å². The number of hydrogen-bond donors (Lipinski definition) is 1. The summed E-state index contributed by atoms with van der Waals surface area (Å²) in [7, 11) is 5.47. The van der Waals surface area contributed by atoms with Crippen molar-refractivity contribution >= 4 is 35.6 Å². The predicted octanol–water partition coefficient (Wildman–Crippen LogP) is 3.78. The van der Waals surface area contributed by atoms with Gasteiger partial charge in [0, 0.05) is 39.4 Å². The maximum Gasteiger partial charge on any atom is 0.193 e. The molecule has 1 aliphatic rings. The van der Waals surface area contributed by atoms with Crippen LogP contribution in [0.4, 0.5) is 5.69 Å². The van der Waals surface area contributed by atoms with Gasteiger partial charge in [0.15, 0.2) is 5.96 Å². The van der Waals surface area contributed by atoms with Gasteiger partial charge in [0.05, 0.1) is 13.7 Å². The minimum Gasteiger partial charge on any atom is -0.497 e. The Balaban J connectivity index is 0.00000320. The SMILES string of the molecule is CN=C(NCc1cccc(N2CC=CC2)c1)N(C)CCOc1ccc(OC)cc1.I. The Morgan fingerprint density at radius 3 is 2.47 bits per heavy atom. The van der Waals surface area contributed by atoms with E-state index in [0.717, 1.165) is 43.6 Å². The van der Waals surface area contributed by atoms with Crippen molar-refractivity contribution < 1.29 is 9.47 Å². The summed E-state index contributed by atoms with van der Waals surface area (Å²) in [4.78, 5) is 8.81. The normalized spacial score (nSPS) is 13.0. The summed E-state index contributed by atoms with van der Waals surface area (Å²) in [5, 5.41) is 3.44. The number of ether oxygens (including phenoxy) is 2. The van der Waals surface area contributed by atoms with Crippen LogP contribution in [-0.4, -0.2) is 58.3 Å². The van der Waals surface area contributed by atoms with Crippen molar-refractivity contribution in [2.24, 2.45) is 4.99 Å². The van der Waals surface area contributed by atoms with Crippen molar-refractivity contribution in [3.8, 4) is 11.5 Å². The Kier molecular flexibility index (Phi) is 9.79. The maximum absolute atomic E-state index is 5.81. The molecule has 162 valence electrons. The first-order valence-electron chi connectivity index (χ1n) is 9.87. The van der Waals surface area contributed by atoms with Crippen LogP contribution in [0.2, 0.25) is 0 Å². The number of benzene rings is 2. The fraction of sp³-hybridized carbons (Fsp3) is 0.348. The van der Waals surface area contributed by atoms with E-state index in [0.29, 0.717) is 6.61 Å². The molecule has 0 atom stereocenters. The lowest BCUT2D eigenvalue weighted by Gasteiger charge is -2.23. The van der Waals surface area contributed by atoms with E-state index in [1.54, 1.807) is 14.2 Å². The van der Waals surface area contributed by atoms with E-state index in [2.05, 4.69) is 56.5 Å². The van der Waals surface area contributed by atoms with Crippen LogP contribution in [0.15, 0.2) is 65.7 Å². The van der Waals surface area contributed by atoms with Gasteiger partial charge < -0.3 is 24.6 Å². The predicted molar refractivity (Wildman–Crippen MR) is 135 cm³/mol.